The molecule has 0 saturated carbocycles. The number of rotatable bonds is 3. The summed E-state index contributed by atoms with van der Waals surface area (Å²) in [5.41, 5.74) is 0. The van der Waals surface area contributed by atoms with Gasteiger partial charge in [0.25, 0.3) is 0 Å². The number of hydrogen-bond acceptors (Lipinski definition) is 3. The first-order valence-electron chi connectivity index (χ1n) is 4.49. The number of piperazine rings is 1. The third kappa shape index (κ3) is 3.57. The average molecular weight is 198 g/mol. The van der Waals surface area contributed by atoms with Crippen molar-refractivity contribution >= 4 is 11.9 Å². The van der Waals surface area contributed by atoms with Crippen LogP contribution >= 0.6 is 0 Å². The van der Waals surface area contributed by atoms with Crippen molar-refractivity contribution in [3.63, 3.8) is 0 Å². The molecule has 1 amide bonds. The monoisotopic (exact) mass is 198 g/mol. The van der Waals surface area contributed by atoms with E-state index >= 15 is 0 Å². The van der Waals surface area contributed by atoms with E-state index in [2.05, 4.69) is 5.32 Å². The molecule has 1 aliphatic heterocycles. The third-order valence-corrected chi connectivity index (χ3v) is 1.93. The summed E-state index contributed by atoms with van der Waals surface area (Å²) in [6.45, 7) is 3.53. The number of carbonyl (C=O) groups is 2. The van der Waals surface area contributed by atoms with Crippen LogP contribution in [0, 0.1) is 0 Å². The van der Waals surface area contributed by atoms with Gasteiger partial charge in [0, 0.05) is 25.2 Å². The van der Waals surface area contributed by atoms with Crippen LogP contribution in [0.25, 0.3) is 0 Å². The number of nitrogens with one attached hydrogen (secondary N) is 1. The molecule has 14 heavy (non-hydrogen) atoms. The summed E-state index contributed by atoms with van der Waals surface area (Å²) < 4.78 is 0. The Morgan fingerprint density at radius 2 is 2.50 bits per heavy atom. The van der Waals surface area contributed by atoms with Crippen molar-refractivity contribution in [1.82, 2.24) is 10.2 Å². The van der Waals surface area contributed by atoms with Crippen LogP contribution in [0.1, 0.15) is 6.92 Å². The molecule has 1 heterocycles. The van der Waals surface area contributed by atoms with Crippen LogP contribution in [-0.2, 0) is 9.59 Å². The lowest BCUT2D eigenvalue weighted by atomic mass is 10.2. The largest absolute Gasteiger partial charge is 0.478 e. The molecule has 0 aromatic carbocycles. The molecule has 1 unspecified atom stereocenters. The van der Waals surface area contributed by atoms with Crippen LogP contribution in [-0.4, -0.2) is 47.6 Å². The highest BCUT2D eigenvalue weighted by Gasteiger charge is 2.19. The summed E-state index contributed by atoms with van der Waals surface area (Å²) in [7, 11) is 0. The Morgan fingerprint density at radius 3 is 3.07 bits per heavy atom. The first-order valence-corrected chi connectivity index (χ1v) is 4.49. The van der Waals surface area contributed by atoms with Gasteiger partial charge in [0.1, 0.15) is 0 Å². The smallest absolute Gasteiger partial charge is 0.328 e. The number of hydrogen-bond donors (Lipinski definition) is 2. The van der Waals surface area contributed by atoms with Crippen LogP contribution in [0.2, 0.25) is 0 Å². The lowest BCUT2D eigenvalue weighted by Crippen LogP contribution is -2.52. The third-order valence-electron chi connectivity index (χ3n) is 1.93. The molecule has 0 radical (unpaired) electrons. The van der Waals surface area contributed by atoms with Crippen LogP contribution in [0.15, 0.2) is 12.2 Å². The lowest BCUT2D eigenvalue weighted by Gasteiger charge is -2.30. The summed E-state index contributed by atoms with van der Waals surface area (Å²) in [6, 6.07) is 0.134. The maximum absolute atomic E-state index is 11.1. The molecule has 0 aromatic rings. The van der Waals surface area contributed by atoms with E-state index in [1.165, 1.54) is 0 Å². The normalized spacial score (nSPS) is 23.8. The van der Waals surface area contributed by atoms with Gasteiger partial charge in [-0.25, -0.2) is 4.79 Å². The minimum Gasteiger partial charge on any atom is -0.478 e. The van der Waals surface area contributed by atoms with Crippen molar-refractivity contribution in [3.8, 4) is 0 Å². The number of carboxylic acids is 1. The molecule has 1 aliphatic rings. The highest BCUT2D eigenvalue weighted by atomic mass is 16.4. The predicted octanol–water partition coefficient (Wildman–Crippen LogP) is -0.552. The van der Waals surface area contributed by atoms with Gasteiger partial charge in [-0.3, -0.25) is 9.69 Å². The minimum absolute atomic E-state index is 0.00697. The van der Waals surface area contributed by atoms with Crippen molar-refractivity contribution in [2.45, 2.75) is 13.0 Å². The second kappa shape index (κ2) is 4.76. The van der Waals surface area contributed by atoms with E-state index in [1.807, 2.05) is 11.8 Å². The molecule has 0 bridgehead atoms. The van der Waals surface area contributed by atoms with Crippen molar-refractivity contribution < 1.29 is 14.7 Å². The first-order chi connectivity index (χ1) is 6.58. The Labute approximate surface area is 82.4 Å². The van der Waals surface area contributed by atoms with E-state index in [4.69, 9.17) is 5.11 Å². The molecule has 0 aromatic heterocycles. The highest BCUT2D eigenvalue weighted by Crippen LogP contribution is 1.99. The van der Waals surface area contributed by atoms with Gasteiger partial charge in [-0.15, -0.1) is 0 Å². The summed E-state index contributed by atoms with van der Waals surface area (Å²) in [5, 5.41) is 11.1. The average Bonchev–Trinajstić information content (AvgIpc) is 2.01. The highest BCUT2D eigenvalue weighted by molar-refractivity contribution is 5.80. The zero-order valence-electron chi connectivity index (χ0n) is 8.06. The molecule has 2 N–H and O–H groups in total. The summed E-state index contributed by atoms with van der Waals surface area (Å²) >= 11 is 0. The van der Waals surface area contributed by atoms with Crippen molar-refractivity contribution in [2.24, 2.45) is 0 Å². The molecule has 5 heteroatoms. The number of carboxylic acid groups (broad SMARTS) is 1. The van der Waals surface area contributed by atoms with Gasteiger partial charge in [-0.2, -0.15) is 0 Å². The SMILES string of the molecule is CC1CN(C/C=C/C(=O)O)CC(=O)N1. The molecule has 1 atom stereocenters. The van der Waals surface area contributed by atoms with E-state index in [0.717, 1.165) is 12.6 Å². The molecule has 0 spiro atoms. The van der Waals surface area contributed by atoms with E-state index in [-0.39, 0.29) is 11.9 Å². The Bertz CT molecular complexity index is 263. The molecule has 78 valence electrons. The van der Waals surface area contributed by atoms with E-state index in [1.54, 1.807) is 6.08 Å². The molecule has 1 rings (SSSR count). The van der Waals surface area contributed by atoms with Gasteiger partial charge in [-0.05, 0) is 6.92 Å². The molecule has 1 fully saturated rings. The minimum atomic E-state index is -0.959. The fourth-order valence-electron chi connectivity index (χ4n) is 1.46. The second-order valence-electron chi connectivity index (χ2n) is 3.40. The lowest BCUT2D eigenvalue weighted by molar-refractivity contribution is -0.131. The van der Waals surface area contributed by atoms with Crippen LogP contribution in [0.5, 0.6) is 0 Å². The number of amides is 1. The summed E-state index contributed by atoms with van der Waals surface area (Å²) in [4.78, 5) is 23.2. The fourth-order valence-corrected chi connectivity index (χ4v) is 1.46. The van der Waals surface area contributed by atoms with Crippen molar-refractivity contribution in [2.75, 3.05) is 19.6 Å². The quantitative estimate of drug-likeness (QED) is 0.597. The van der Waals surface area contributed by atoms with Crippen molar-refractivity contribution in [3.05, 3.63) is 12.2 Å². The zero-order valence-corrected chi connectivity index (χ0v) is 8.06. The maximum atomic E-state index is 11.1. The molecule has 5 nitrogen and oxygen atoms in total. The number of nitrogens with zero attached hydrogens (tertiary/aromatic N) is 1. The van der Waals surface area contributed by atoms with E-state index in [9.17, 15) is 9.59 Å². The molecular formula is C9H14N2O3. The summed E-state index contributed by atoms with van der Waals surface area (Å²) in [5.74, 6) is -0.966. The van der Waals surface area contributed by atoms with E-state index < -0.39 is 5.97 Å². The van der Waals surface area contributed by atoms with Crippen molar-refractivity contribution in [1.29, 1.82) is 0 Å². The Balaban J connectivity index is 2.37. The standard InChI is InChI=1S/C9H14N2O3/c1-7-5-11(6-8(12)10-7)4-2-3-9(13)14/h2-3,7H,4-6H2,1H3,(H,10,12)(H,13,14)/b3-2+. The molecule has 1 saturated heterocycles. The molecule has 0 aliphatic carbocycles. The van der Waals surface area contributed by atoms with Crippen LogP contribution in [0.3, 0.4) is 0 Å². The van der Waals surface area contributed by atoms with Gasteiger partial charge >= 0.3 is 5.97 Å². The fraction of sp³-hybridized carbons (Fsp3) is 0.556. The number of aliphatic carboxylic acids is 1. The second-order valence-corrected chi connectivity index (χ2v) is 3.40. The Hall–Kier alpha value is -1.36. The van der Waals surface area contributed by atoms with Gasteiger partial charge < -0.3 is 10.4 Å². The summed E-state index contributed by atoms with van der Waals surface area (Å²) in [6.07, 6.45) is 2.64. The van der Waals surface area contributed by atoms with Gasteiger partial charge in [0.15, 0.2) is 0 Å². The maximum Gasteiger partial charge on any atom is 0.328 e. The van der Waals surface area contributed by atoms with Gasteiger partial charge in [0.05, 0.1) is 6.54 Å². The molecular weight excluding hydrogens is 184 g/mol. The van der Waals surface area contributed by atoms with Gasteiger partial charge in [0.2, 0.25) is 5.91 Å². The van der Waals surface area contributed by atoms with Gasteiger partial charge in [-0.1, -0.05) is 6.08 Å². The first kappa shape index (κ1) is 10.7. The number of carbonyl (C=O) groups excluding carboxylic acids is 1. The van der Waals surface area contributed by atoms with Crippen LogP contribution in [0.4, 0.5) is 0 Å². The Kier molecular flexibility index (Phi) is 3.64. The van der Waals surface area contributed by atoms with E-state index in [0.29, 0.717) is 13.1 Å². The topological polar surface area (TPSA) is 69.6 Å². The zero-order chi connectivity index (χ0) is 10.6. The predicted molar refractivity (Wildman–Crippen MR) is 50.8 cm³/mol. The Morgan fingerprint density at radius 1 is 1.79 bits per heavy atom. The van der Waals surface area contributed by atoms with Crippen LogP contribution < -0.4 is 5.32 Å².